The molecule has 7 heteroatoms. The first-order chi connectivity index (χ1) is 13.5. The molecule has 0 atom stereocenters. The van der Waals surface area contributed by atoms with E-state index in [1.54, 1.807) is 7.11 Å². The van der Waals surface area contributed by atoms with Crippen molar-refractivity contribution in [3.63, 3.8) is 0 Å². The quantitative estimate of drug-likeness (QED) is 0.285. The van der Waals surface area contributed by atoms with Gasteiger partial charge < -0.3 is 29.9 Å². The predicted molar refractivity (Wildman–Crippen MR) is 117 cm³/mol. The van der Waals surface area contributed by atoms with Crippen molar-refractivity contribution in [2.75, 3.05) is 74.2 Å². The van der Waals surface area contributed by atoms with Crippen LogP contribution in [0.15, 0.2) is 29.3 Å². The normalized spacial score (nSPS) is 11.9. The molecule has 0 heterocycles. The Hall–Kier alpha value is -1.83. The number of hydrogen-bond acceptors (Lipinski definition) is 5. The molecule has 0 spiro atoms. The third kappa shape index (κ3) is 11.8. The van der Waals surface area contributed by atoms with Crippen molar-refractivity contribution in [3.8, 4) is 5.75 Å². The summed E-state index contributed by atoms with van der Waals surface area (Å²) in [5, 5.41) is 6.71. The second-order valence-electron chi connectivity index (χ2n) is 7.07. The number of guanidine groups is 1. The van der Waals surface area contributed by atoms with E-state index in [9.17, 15) is 0 Å². The lowest BCUT2D eigenvalue weighted by atomic mass is 10.2. The van der Waals surface area contributed by atoms with Crippen molar-refractivity contribution in [1.82, 2.24) is 20.4 Å². The fraction of sp³-hybridized carbons (Fsp3) is 0.667. The molecule has 0 saturated heterocycles. The average molecular weight is 394 g/mol. The van der Waals surface area contributed by atoms with Gasteiger partial charge >= 0.3 is 0 Å². The molecule has 28 heavy (non-hydrogen) atoms. The Morgan fingerprint density at radius 1 is 1.07 bits per heavy atom. The van der Waals surface area contributed by atoms with Gasteiger partial charge in [0.2, 0.25) is 0 Å². The average Bonchev–Trinajstić information content (AvgIpc) is 2.66. The molecule has 0 bridgehead atoms. The van der Waals surface area contributed by atoms with Crippen molar-refractivity contribution in [3.05, 3.63) is 29.8 Å². The highest BCUT2D eigenvalue weighted by molar-refractivity contribution is 5.79. The van der Waals surface area contributed by atoms with Crippen LogP contribution in [0.25, 0.3) is 0 Å². The van der Waals surface area contributed by atoms with E-state index in [0.29, 0.717) is 13.2 Å². The molecule has 1 aromatic rings. The minimum atomic E-state index is 0.615. The summed E-state index contributed by atoms with van der Waals surface area (Å²) < 4.78 is 10.9. The SMILES string of the molecule is CCNC(=NCc1cccc(OCCN(C)C)c1)NCCN(C)CCCOC. The number of benzene rings is 1. The highest BCUT2D eigenvalue weighted by atomic mass is 16.5. The Kier molecular flexibility index (Phi) is 13.1. The lowest BCUT2D eigenvalue weighted by Crippen LogP contribution is -2.41. The number of ether oxygens (including phenoxy) is 2. The van der Waals surface area contributed by atoms with Crippen LogP contribution in [0.4, 0.5) is 0 Å². The first-order valence-electron chi connectivity index (χ1n) is 10.1. The van der Waals surface area contributed by atoms with Crippen molar-refractivity contribution in [2.45, 2.75) is 19.9 Å². The van der Waals surface area contributed by atoms with Gasteiger partial charge in [-0.1, -0.05) is 12.1 Å². The summed E-state index contributed by atoms with van der Waals surface area (Å²) in [5.74, 6) is 1.73. The summed E-state index contributed by atoms with van der Waals surface area (Å²) >= 11 is 0. The van der Waals surface area contributed by atoms with Crippen LogP contribution in [0.1, 0.15) is 18.9 Å². The van der Waals surface area contributed by atoms with Crippen LogP contribution in [-0.2, 0) is 11.3 Å². The summed E-state index contributed by atoms with van der Waals surface area (Å²) in [5.41, 5.74) is 1.14. The molecule has 0 fully saturated rings. The van der Waals surface area contributed by atoms with Gasteiger partial charge in [-0.3, -0.25) is 0 Å². The molecular weight excluding hydrogens is 354 g/mol. The van der Waals surface area contributed by atoms with Gasteiger partial charge in [0.15, 0.2) is 5.96 Å². The zero-order chi connectivity index (χ0) is 20.6. The maximum Gasteiger partial charge on any atom is 0.191 e. The zero-order valence-electron chi connectivity index (χ0n) is 18.3. The second-order valence-corrected chi connectivity index (χ2v) is 7.07. The number of methoxy groups -OCH3 is 1. The lowest BCUT2D eigenvalue weighted by Gasteiger charge is -2.18. The van der Waals surface area contributed by atoms with Gasteiger partial charge in [0.05, 0.1) is 6.54 Å². The molecule has 1 aromatic carbocycles. The molecule has 0 unspecified atom stereocenters. The minimum absolute atomic E-state index is 0.615. The predicted octanol–water partition coefficient (Wildman–Crippen LogP) is 1.65. The van der Waals surface area contributed by atoms with Crippen LogP contribution in [0, 0.1) is 0 Å². The third-order valence-electron chi connectivity index (χ3n) is 4.14. The number of aliphatic imine (C=N–C) groups is 1. The third-order valence-corrected chi connectivity index (χ3v) is 4.14. The van der Waals surface area contributed by atoms with Crippen LogP contribution in [0.3, 0.4) is 0 Å². The van der Waals surface area contributed by atoms with E-state index < -0.39 is 0 Å². The molecule has 0 radical (unpaired) electrons. The van der Waals surface area contributed by atoms with E-state index in [2.05, 4.69) is 46.5 Å². The van der Waals surface area contributed by atoms with Crippen molar-refractivity contribution >= 4 is 5.96 Å². The lowest BCUT2D eigenvalue weighted by molar-refractivity contribution is 0.180. The molecule has 0 saturated carbocycles. The Morgan fingerprint density at radius 2 is 1.89 bits per heavy atom. The van der Waals surface area contributed by atoms with Gasteiger partial charge in [-0.15, -0.1) is 0 Å². The van der Waals surface area contributed by atoms with Gasteiger partial charge in [-0.05, 0) is 52.2 Å². The summed E-state index contributed by atoms with van der Waals surface area (Å²) in [6.07, 6.45) is 1.05. The first kappa shape index (κ1) is 24.2. The monoisotopic (exact) mass is 393 g/mol. The Balaban J connectivity index is 2.46. The van der Waals surface area contributed by atoms with Crippen LogP contribution in [-0.4, -0.2) is 89.9 Å². The topological polar surface area (TPSA) is 61.4 Å². The standard InChI is InChI=1S/C21H39N5O2/c1-6-22-21(23-11-13-26(4)12-8-15-27-5)24-18-19-9-7-10-20(17-19)28-16-14-25(2)3/h7,9-10,17H,6,8,11-16,18H2,1-5H3,(H2,22,23,24). The maximum absolute atomic E-state index is 5.81. The smallest absolute Gasteiger partial charge is 0.191 e. The van der Waals surface area contributed by atoms with Crippen molar-refractivity contribution in [2.24, 2.45) is 4.99 Å². The first-order valence-corrected chi connectivity index (χ1v) is 10.1. The molecule has 160 valence electrons. The largest absolute Gasteiger partial charge is 0.492 e. The second kappa shape index (κ2) is 15.1. The Bertz CT molecular complexity index is 551. The van der Waals surface area contributed by atoms with Gasteiger partial charge in [0.1, 0.15) is 12.4 Å². The molecular formula is C21H39N5O2. The van der Waals surface area contributed by atoms with Crippen molar-refractivity contribution < 1.29 is 9.47 Å². The zero-order valence-corrected chi connectivity index (χ0v) is 18.3. The Morgan fingerprint density at radius 3 is 2.61 bits per heavy atom. The summed E-state index contributed by atoms with van der Waals surface area (Å²) in [7, 11) is 7.96. The summed E-state index contributed by atoms with van der Waals surface area (Å²) in [6.45, 7) is 8.76. The number of nitrogens with zero attached hydrogens (tertiary/aromatic N) is 3. The highest BCUT2D eigenvalue weighted by Gasteiger charge is 2.02. The molecule has 7 nitrogen and oxygen atoms in total. The van der Waals surface area contributed by atoms with E-state index in [4.69, 9.17) is 14.5 Å². The van der Waals surface area contributed by atoms with E-state index in [0.717, 1.165) is 63.0 Å². The highest BCUT2D eigenvalue weighted by Crippen LogP contribution is 2.14. The van der Waals surface area contributed by atoms with Gasteiger partial charge in [-0.25, -0.2) is 4.99 Å². The molecule has 0 aromatic heterocycles. The van der Waals surface area contributed by atoms with E-state index in [1.807, 2.05) is 26.2 Å². The van der Waals surface area contributed by atoms with Crippen LogP contribution in [0.2, 0.25) is 0 Å². The molecule has 0 aliphatic rings. The fourth-order valence-electron chi connectivity index (χ4n) is 2.55. The van der Waals surface area contributed by atoms with Crippen LogP contribution >= 0.6 is 0 Å². The van der Waals surface area contributed by atoms with Gasteiger partial charge in [-0.2, -0.15) is 0 Å². The van der Waals surface area contributed by atoms with Gasteiger partial charge in [0.25, 0.3) is 0 Å². The minimum Gasteiger partial charge on any atom is -0.492 e. The summed E-state index contributed by atoms with van der Waals surface area (Å²) in [4.78, 5) is 9.10. The number of likely N-dealkylation sites (N-methyl/N-ethyl adjacent to an activating group) is 2. The van der Waals surface area contributed by atoms with Crippen LogP contribution in [0.5, 0.6) is 5.75 Å². The number of rotatable bonds is 14. The molecule has 2 N–H and O–H groups in total. The fourth-order valence-corrected chi connectivity index (χ4v) is 2.55. The molecule has 0 aliphatic heterocycles. The van der Waals surface area contributed by atoms with E-state index in [1.165, 1.54) is 0 Å². The van der Waals surface area contributed by atoms with Crippen LogP contribution < -0.4 is 15.4 Å². The number of hydrogen-bond donors (Lipinski definition) is 2. The van der Waals surface area contributed by atoms with E-state index in [-0.39, 0.29) is 0 Å². The molecule has 1 rings (SSSR count). The molecule has 0 aliphatic carbocycles. The summed E-state index contributed by atoms with van der Waals surface area (Å²) in [6, 6.07) is 8.15. The number of nitrogens with one attached hydrogen (secondary N) is 2. The molecule has 0 amide bonds. The Labute approximate surface area is 171 Å². The van der Waals surface area contributed by atoms with Crippen molar-refractivity contribution in [1.29, 1.82) is 0 Å². The van der Waals surface area contributed by atoms with E-state index >= 15 is 0 Å². The van der Waals surface area contributed by atoms with Gasteiger partial charge in [0, 0.05) is 46.4 Å². The maximum atomic E-state index is 5.81.